The Bertz CT molecular complexity index is 982. The van der Waals surface area contributed by atoms with Crippen LogP contribution in [0, 0.1) is 0 Å². The zero-order valence-corrected chi connectivity index (χ0v) is 14.0. The number of pyridine rings is 1. The maximum atomic E-state index is 12.8. The van der Waals surface area contributed by atoms with Crippen molar-refractivity contribution in [2.24, 2.45) is 0 Å². The van der Waals surface area contributed by atoms with Gasteiger partial charge in [0.15, 0.2) is 11.5 Å². The molecule has 3 rings (SSSR count). The highest BCUT2D eigenvalue weighted by Gasteiger charge is 2.21. The van der Waals surface area contributed by atoms with Crippen LogP contribution >= 0.6 is 0 Å². The van der Waals surface area contributed by atoms with Crippen LogP contribution in [0.25, 0.3) is 10.9 Å². The van der Waals surface area contributed by atoms with E-state index >= 15 is 0 Å². The largest absolute Gasteiger partial charge is 0.493 e. The molecule has 0 amide bonds. The topological polar surface area (TPSA) is 77.5 Å². The Balaban J connectivity index is 2.09. The van der Waals surface area contributed by atoms with Crippen molar-refractivity contribution in [2.45, 2.75) is 4.90 Å². The second-order valence-corrected chi connectivity index (χ2v) is 6.63. The predicted molar refractivity (Wildman–Crippen MR) is 92.1 cm³/mol. The molecule has 0 atom stereocenters. The smallest absolute Gasteiger partial charge is 0.264 e. The number of para-hydroxylation sites is 2. The zero-order chi connectivity index (χ0) is 17.2. The maximum absolute atomic E-state index is 12.8. The lowest BCUT2D eigenvalue weighted by Crippen LogP contribution is -2.14. The molecule has 0 radical (unpaired) electrons. The summed E-state index contributed by atoms with van der Waals surface area (Å²) in [5.41, 5.74) is 0.708. The van der Waals surface area contributed by atoms with E-state index in [9.17, 15) is 8.42 Å². The number of hydrogen-bond donors (Lipinski definition) is 1. The van der Waals surface area contributed by atoms with Crippen LogP contribution < -0.4 is 14.2 Å². The summed E-state index contributed by atoms with van der Waals surface area (Å²) in [5.74, 6) is 0.755. The van der Waals surface area contributed by atoms with E-state index in [1.54, 1.807) is 36.5 Å². The third-order valence-electron chi connectivity index (χ3n) is 3.53. The van der Waals surface area contributed by atoms with Crippen LogP contribution in [0.2, 0.25) is 0 Å². The van der Waals surface area contributed by atoms with E-state index in [1.165, 1.54) is 20.3 Å². The highest BCUT2D eigenvalue weighted by Crippen LogP contribution is 2.36. The van der Waals surface area contributed by atoms with Crippen LogP contribution in [-0.4, -0.2) is 27.6 Å². The standard InChI is InChI=1S/C17H16N2O4S/c1-22-14-9-4-8-13(17(14)23-2)19-24(20,21)15-10-3-6-12-7-5-11-18-16(12)15/h3-11,19H,1-2H3. The SMILES string of the molecule is COc1cccc(NS(=O)(=O)c2cccc3cccnc23)c1OC. The number of methoxy groups -OCH3 is 2. The average Bonchev–Trinajstić information content (AvgIpc) is 2.60. The second kappa shape index (κ2) is 6.37. The van der Waals surface area contributed by atoms with Gasteiger partial charge in [-0.2, -0.15) is 0 Å². The third kappa shape index (κ3) is 2.85. The summed E-state index contributed by atoms with van der Waals surface area (Å²) in [5, 5.41) is 0.748. The molecule has 0 aliphatic carbocycles. The first kappa shape index (κ1) is 16.1. The van der Waals surface area contributed by atoms with Gasteiger partial charge in [-0.05, 0) is 24.3 Å². The minimum Gasteiger partial charge on any atom is -0.493 e. The summed E-state index contributed by atoms with van der Waals surface area (Å²) in [4.78, 5) is 4.29. The Morgan fingerprint density at radius 3 is 2.46 bits per heavy atom. The highest BCUT2D eigenvalue weighted by molar-refractivity contribution is 7.93. The first-order valence-corrected chi connectivity index (χ1v) is 8.62. The lowest BCUT2D eigenvalue weighted by Gasteiger charge is -2.15. The number of nitrogens with zero attached hydrogens (tertiary/aromatic N) is 1. The minimum atomic E-state index is -3.85. The van der Waals surface area contributed by atoms with E-state index in [1.807, 2.05) is 12.1 Å². The molecule has 0 unspecified atom stereocenters. The van der Waals surface area contributed by atoms with Crippen LogP contribution in [0.15, 0.2) is 59.6 Å². The molecule has 0 aliphatic heterocycles. The maximum Gasteiger partial charge on any atom is 0.264 e. The van der Waals surface area contributed by atoms with E-state index in [-0.39, 0.29) is 4.90 Å². The molecule has 0 saturated heterocycles. The highest BCUT2D eigenvalue weighted by atomic mass is 32.2. The zero-order valence-electron chi connectivity index (χ0n) is 13.2. The average molecular weight is 344 g/mol. The van der Waals surface area contributed by atoms with Crippen LogP contribution in [0.3, 0.4) is 0 Å². The van der Waals surface area contributed by atoms with Gasteiger partial charge in [0.05, 0.1) is 25.4 Å². The molecule has 3 aromatic rings. The van der Waals surface area contributed by atoms with Crippen molar-refractivity contribution >= 4 is 26.6 Å². The van der Waals surface area contributed by atoms with Crippen molar-refractivity contribution in [3.63, 3.8) is 0 Å². The van der Waals surface area contributed by atoms with Crippen LogP contribution in [-0.2, 0) is 10.0 Å². The van der Waals surface area contributed by atoms with Gasteiger partial charge in [0, 0.05) is 11.6 Å². The van der Waals surface area contributed by atoms with Gasteiger partial charge in [0.25, 0.3) is 10.0 Å². The molecule has 1 heterocycles. The minimum absolute atomic E-state index is 0.102. The number of hydrogen-bond acceptors (Lipinski definition) is 5. The number of aromatic nitrogens is 1. The summed E-state index contributed by atoms with van der Waals surface area (Å²) in [6.07, 6.45) is 1.56. The van der Waals surface area contributed by atoms with Crippen molar-refractivity contribution < 1.29 is 17.9 Å². The molecule has 1 aromatic heterocycles. The van der Waals surface area contributed by atoms with E-state index < -0.39 is 10.0 Å². The molecule has 0 bridgehead atoms. The Labute approximate surface area is 140 Å². The number of ether oxygens (including phenoxy) is 2. The van der Waals surface area contributed by atoms with Crippen molar-refractivity contribution in [1.29, 1.82) is 0 Å². The molecule has 124 valence electrons. The fourth-order valence-electron chi connectivity index (χ4n) is 2.46. The van der Waals surface area contributed by atoms with E-state index in [2.05, 4.69) is 9.71 Å². The van der Waals surface area contributed by atoms with Gasteiger partial charge in [0.2, 0.25) is 0 Å². The van der Waals surface area contributed by atoms with Crippen molar-refractivity contribution in [2.75, 3.05) is 18.9 Å². The van der Waals surface area contributed by atoms with Gasteiger partial charge in [-0.25, -0.2) is 8.42 Å². The predicted octanol–water partition coefficient (Wildman–Crippen LogP) is 3.05. The Hall–Kier alpha value is -2.80. The molecule has 0 saturated carbocycles. The molecule has 6 nitrogen and oxygen atoms in total. The Morgan fingerprint density at radius 2 is 1.71 bits per heavy atom. The molecule has 0 aliphatic rings. The van der Waals surface area contributed by atoms with Crippen molar-refractivity contribution in [3.8, 4) is 11.5 Å². The van der Waals surface area contributed by atoms with E-state index in [4.69, 9.17) is 9.47 Å². The second-order valence-electron chi connectivity index (χ2n) is 4.98. The number of sulfonamides is 1. The van der Waals surface area contributed by atoms with Gasteiger partial charge in [0.1, 0.15) is 4.90 Å². The number of nitrogens with one attached hydrogen (secondary N) is 1. The monoisotopic (exact) mass is 344 g/mol. The van der Waals surface area contributed by atoms with Gasteiger partial charge in [-0.3, -0.25) is 9.71 Å². The molecule has 7 heteroatoms. The van der Waals surface area contributed by atoms with Crippen molar-refractivity contribution in [1.82, 2.24) is 4.98 Å². The molecule has 24 heavy (non-hydrogen) atoms. The van der Waals surface area contributed by atoms with Crippen LogP contribution in [0.5, 0.6) is 11.5 Å². The molecule has 2 aromatic carbocycles. The summed E-state index contributed by atoms with van der Waals surface area (Å²) in [6.45, 7) is 0. The summed E-state index contributed by atoms with van der Waals surface area (Å²) in [7, 11) is -0.901. The van der Waals surface area contributed by atoms with Gasteiger partial charge in [-0.1, -0.05) is 24.3 Å². The third-order valence-corrected chi connectivity index (χ3v) is 4.93. The van der Waals surface area contributed by atoms with Gasteiger partial charge >= 0.3 is 0 Å². The van der Waals surface area contributed by atoms with Crippen LogP contribution in [0.4, 0.5) is 5.69 Å². The number of rotatable bonds is 5. The van der Waals surface area contributed by atoms with Crippen molar-refractivity contribution in [3.05, 3.63) is 54.7 Å². The fourth-order valence-corrected chi connectivity index (χ4v) is 3.70. The van der Waals surface area contributed by atoms with Gasteiger partial charge in [-0.15, -0.1) is 0 Å². The lowest BCUT2D eigenvalue weighted by atomic mass is 10.2. The Morgan fingerprint density at radius 1 is 0.958 bits per heavy atom. The van der Waals surface area contributed by atoms with Crippen LogP contribution in [0.1, 0.15) is 0 Å². The van der Waals surface area contributed by atoms with Gasteiger partial charge < -0.3 is 9.47 Å². The normalized spacial score (nSPS) is 11.2. The first-order chi connectivity index (χ1) is 11.6. The number of benzene rings is 2. The molecular weight excluding hydrogens is 328 g/mol. The summed E-state index contributed by atoms with van der Waals surface area (Å²) < 4.78 is 38.7. The van der Waals surface area contributed by atoms with E-state index in [0.29, 0.717) is 22.7 Å². The molecule has 0 spiro atoms. The molecular formula is C17H16N2O4S. The number of fused-ring (bicyclic) bond motifs is 1. The lowest BCUT2D eigenvalue weighted by molar-refractivity contribution is 0.356. The molecule has 0 fully saturated rings. The summed E-state index contributed by atoms with van der Waals surface area (Å²) >= 11 is 0. The first-order valence-electron chi connectivity index (χ1n) is 7.14. The quantitative estimate of drug-likeness (QED) is 0.770. The Kier molecular flexibility index (Phi) is 4.26. The van der Waals surface area contributed by atoms with E-state index in [0.717, 1.165) is 5.39 Å². The fraction of sp³-hybridized carbons (Fsp3) is 0.118. The number of anilines is 1. The molecule has 1 N–H and O–H groups in total. The summed E-state index contributed by atoms with van der Waals surface area (Å²) in [6, 6.07) is 13.6.